The van der Waals surface area contributed by atoms with Gasteiger partial charge in [0.15, 0.2) is 0 Å². The zero-order valence-electron chi connectivity index (χ0n) is 12.1. The van der Waals surface area contributed by atoms with Crippen LogP contribution in [-0.4, -0.2) is 52.9 Å². The fourth-order valence-corrected chi connectivity index (χ4v) is 2.87. The van der Waals surface area contributed by atoms with Crippen molar-refractivity contribution in [1.29, 1.82) is 5.26 Å². The minimum absolute atomic E-state index is 0.0313. The van der Waals surface area contributed by atoms with Crippen LogP contribution in [0.2, 0.25) is 0 Å². The average Bonchev–Trinajstić information content (AvgIpc) is 2.52. The Bertz CT molecular complexity index is 535. The highest BCUT2D eigenvalue weighted by molar-refractivity contribution is 9.10. The summed E-state index contributed by atoms with van der Waals surface area (Å²) >= 11 is 3.28. The van der Waals surface area contributed by atoms with Crippen LogP contribution in [-0.2, 0) is 0 Å². The Hall–Kier alpha value is -1.45. The van der Waals surface area contributed by atoms with Gasteiger partial charge in [0, 0.05) is 26.2 Å². The molecule has 21 heavy (non-hydrogen) atoms. The highest BCUT2D eigenvalue weighted by Crippen LogP contribution is 2.13. The van der Waals surface area contributed by atoms with Gasteiger partial charge in [0.1, 0.15) is 10.3 Å². The quantitative estimate of drug-likeness (QED) is 0.781. The van der Waals surface area contributed by atoms with Crippen LogP contribution in [0.25, 0.3) is 0 Å². The van der Waals surface area contributed by atoms with E-state index in [0.717, 1.165) is 25.9 Å². The number of carbonyl (C=O) groups is 1. The van der Waals surface area contributed by atoms with E-state index in [4.69, 9.17) is 0 Å². The van der Waals surface area contributed by atoms with E-state index >= 15 is 0 Å². The minimum Gasteiger partial charge on any atom is -0.335 e. The molecule has 1 unspecified atom stereocenters. The first-order chi connectivity index (χ1) is 10.2. The average molecular weight is 351 g/mol. The number of hydrogen-bond acceptors (Lipinski definition) is 4. The first kappa shape index (κ1) is 15.9. The fourth-order valence-electron chi connectivity index (χ4n) is 2.53. The summed E-state index contributed by atoms with van der Waals surface area (Å²) < 4.78 is 0.666. The number of pyridine rings is 1. The van der Waals surface area contributed by atoms with Crippen molar-refractivity contribution >= 4 is 21.8 Å². The fraction of sp³-hybridized carbons (Fsp3) is 0.533. The van der Waals surface area contributed by atoms with Gasteiger partial charge in [-0.05, 0) is 34.5 Å². The van der Waals surface area contributed by atoms with Crippen LogP contribution >= 0.6 is 15.9 Å². The Balaban J connectivity index is 1.95. The molecule has 0 spiro atoms. The maximum Gasteiger partial charge on any atom is 0.272 e. The van der Waals surface area contributed by atoms with Crippen LogP contribution in [0.4, 0.5) is 0 Å². The van der Waals surface area contributed by atoms with Crippen LogP contribution < -0.4 is 0 Å². The Morgan fingerprint density at radius 1 is 1.43 bits per heavy atom. The van der Waals surface area contributed by atoms with Crippen molar-refractivity contribution < 1.29 is 4.79 Å². The van der Waals surface area contributed by atoms with Gasteiger partial charge >= 0.3 is 0 Å². The van der Waals surface area contributed by atoms with Gasteiger partial charge in [-0.3, -0.25) is 9.69 Å². The van der Waals surface area contributed by atoms with Crippen molar-refractivity contribution in [3.8, 4) is 6.07 Å². The lowest BCUT2D eigenvalue weighted by molar-refractivity contribution is 0.0595. The molecule has 1 amide bonds. The van der Waals surface area contributed by atoms with Crippen molar-refractivity contribution in [2.45, 2.75) is 25.8 Å². The Morgan fingerprint density at radius 3 is 2.71 bits per heavy atom. The van der Waals surface area contributed by atoms with Crippen molar-refractivity contribution in [1.82, 2.24) is 14.8 Å². The molecule has 1 aromatic rings. The summed E-state index contributed by atoms with van der Waals surface area (Å²) in [4.78, 5) is 20.6. The smallest absolute Gasteiger partial charge is 0.272 e. The van der Waals surface area contributed by atoms with Crippen LogP contribution in [0.15, 0.2) is 22.8 Å². The van der Waals surface area contributed by atoms with Crippen molar-refractivity contribution in [2.75, 3.05) is 26.2 Å². The number of amides is 1. The molecule has 6 heteroatoms. The number of hydrogen-bond donors (Lipinski definition) is 0. The third kappa shape index (κ3) is 4.02. The largest absolute Gasteiger partial charge is 0.335 e. The molecule has 1 aromatic heterocycles. The van der Waals surface area contributed by atoms with E-state index in [0.29, 0.717) is 23.4 Å². The van der Waals surface area contributed by atoms with Crippen LogP contribution in [0, 0.1) is 11.3 Å². The molecule has 0 bridgehead atoms. The van der Waals surface area contributed by atoms with Gasteiger partial charge in [-0.1, -0.05) is 19.4 Å². The van der Waals surface area contributed by atoms with Crippen molar-refractivity contribution in [3.05, 3.63) is 28.5 Å². The molecule has 112 valence electrons. The maximum atomic E-state index is 12.4. The molecule has 0 aromatic carbocycles. The van der Waals surface area contributed by atoms with Gasteiger partial charge in [-0.2, -0.15) is 5.26 Å². The Labute approximate surface area is 133 Å². The summed E-state index contributed by atoms with van der Waals surface area (Å²) in [6.07, 6.45) is 1.89. The van der Waals surface area contributed by atoms with E-state index in [-0.39, 0.29) is 11.9 Å². The number of aromatic nitrogens is 1. The SMILES string of the molecule is CCCC(C#N)N1CCN(C(=O)c2cccc(Br)n2)CC1. The lowest BCUT2D eigenvalue weighted by Gasteiger charge is -2.36. The van der Waals surface area contributed by atoms with Gasteiger partial charge in [0.05, 0.1) is 12.1 Å². The molecule has 0 aliphatic carbocycles. The maximum absolute atomic E-state index is 12.4. The molecule has 1 atom stereocenters. The normalized spacial score (nSPS) is 17.3. The molecule has 2 heterocycles. The second-order valence-electron chi connectivity index (χ2n) is 5.11. The predicted octanol–water partition coefficient (Wildman–Crippen LogP) is 2.29. The molecule has 5 nitrogen and oxygen atoms in total. The first-order valence-electron chi connectivity index (χ1n) is 7.21. The van der Waals surface area contributed by atoms with Crippen molar-refractivity contribution in [3.63, 3.8) is 0 Å². The van der Waals surface area contributed by atoms with E-state index in [1.165, 1.54) is 0 Å². The first-order valence-corrected chi connectivity index (χ1v) is 8.00. The van der Waals surface area contributed by atoms with Crippen LogP contribution in [0.5, 0.6) is 0 Å². The van der Waals surface area contributed by atoms with Gasteiger partial charge in [0.2, 0.25) is 0 Å². The summed E-state index contributed by atoms with van der Waals surface area (Å²) in [7, 11) is 0. The lowest BCUT2D eigenvalue weighted by atomic mass is 10.1. The molecule has 0 saturated carbocycles. The summed E-state index contributed by atoms with van der Waals surface area (Å²) in [6, 6.07) is 7.67. The molecule has 1 saturated heterocycles. The monoisotopic (exact) mass is 350 g/mol. The number of rotatable bonds is 4. The molecule has 1 aliphatic heterocycles. The van der Waals surface area contributed by atoms with E-state index in [1.54, 1.807) is 12.1 Å². The minimum atomic E-state index is -0.0417. The van der Waals surface area contributed by atoms with Gasteiger partial charge < -0.3 is 4.90 Å². The van der Waals surface area contributed by atoms with Crippen LogP contribution in [0.3, 0.4) is 0 Å². The third-order valence-corrected chi connectivity index (χ3v) is 4.13. The lowest BCUT2D eigenvalue weighted by Crippen LogP contribution is -2.51. The van der Waals surface area contributed by atoms with E-state index in [1.807, 2.05) is 11.0 Å². The number of nitriles is 1. The van der Waals surface area contributed by atoms with E-state index < -0.39 is 0 Å². The van der Waals surface area contributed by atoms with Gasteiger partial charge in [0.25, 0.3) is 5.91 Å². The third-order valence-electron chi connectivity index (χ3n) is 3.69. The number of piperazine rings is 1. The standard InChI is InChI=1S/C15H19BrN4O/c1-2-4-12(11-17)19-7-9-20(10-8-19)15(21)13-5-3-6-14(16)18-13/h3,5-6,12H,2,4,7-10H2,1H3. The number of carbonyl (C=O) groups excluding carboxylic acids is 1. The highest BCUT2D eigenvalue weighted by Gasteiger charge is 2.26. The summed E-state index contributed by atoms with van der Waals surface area (Å²) in [5.74, 6) is -0.0417. The molecular weight excluding hydrogens is 332 g/mol. The summed E-state index contributed by atoms with van der Waals surface area (Å²) in [6.45, 7) is 4.88. The van der Waals surface area contributed by atoms with Crippen molar-refractivity contribution in [2.24, 2.45) is 0 Å². The zero-order chi connectivity index (χ0) is 15.2. The highest BCUT2D eigenvalue weighted by atomic mass is 79.9. The zero-order valence-corrected chi connectivity index (χ0v) is 13.7. The predicted molar refractivity (Wildman–Crippen MR) is 83.7 cm³/mol. The van der Waals surface area contributed by atoms with Gasteiger partial charge in [-0.25, -0.2) is 4.98 Å². The molecule has 0 N–H and O–H groups in total. The number of nitrogens with zero attached hydrogens (tertiary/aromatic N) is 4. The summed E-state index contributed by atoms with van der Waals surface area (Å²) in [5, 5.41) is 9.21. The second kappa shape index (κ2) is 7.53. The molecule has 2 rings (SSSR count). The second-order valence-corrected chi connectivity index (χ2v) is 5.92. The van der Waals surface area contributed by atoms with E-state index in [9.17, 15) is 10.1 Å². The summed E-state index contributed by atoms with van der Waals surface area (Å²) in [5.41, 5.74) is 0.461. The molecule has 1 fully saturated rings. The molecular formula is C15H19BrN4O. The van der Waals surface area contributed by atoms with Gasteiger partial charge in [-0.15, -0.1) is 0 Å². The Kier molecular flexibility index (Phi) is 5.71. The van der Waals surface area contributed by atoms with E-state index in [2.05, 4.69) is 38.8 Å². The topological polar surface area (TPSA) is 60.2 Å². The molecule has 1 aliphatic rings. The number of halogens is 1. The van der Waals surface area contributed by atoms with Crippen LogP contribution in [0.1, 0.15) is 30.3 Å². The Morgan fingerprint density at radius 2 is 2.14 bits per heavy atom. The molecule has 0 radical (unpaired) electrons.